The van der Waals surface area contributed by atoms with Gasteiger partial charge in [0.25, 0.3) is 0 Å². The van der Waals surface area contributed by atoms with E-state index in [4.69, 9.17) is 11.6 Å². The van der Waals surface area contributed by atoms with Gasteiger partial charge in [0.1, 0.15) is 0 Å². The third-order valence-electron chi connectivity index (χ3n) is 3.59. The van der Waals surface area contributed by atoms with E-state index in [2.05, 4.69) is 20.9 Å². The summed E-state index contributed by atoms with van der Waals surface area (Å²) >= 11 is 5.88. The molecular weight excluding hydrogens is 439 g/mol. The van der Waals surface area contributed by atoms with Crippen LogP contribution in [0, 0.1) is 5.92 Å². The lowest BCUT2D eigenvalue weighted by Gasteiger charge is -2.11. The maximum absolute atomic E-state index is 11.5. The molecule has 0 bridgehead atoms. The van der Waals surface area contributed by atoms with E-state index in [-0.39, 0.29) is 35.8 Å². The molecule has 1 aromatic rings. The van der Waals surface area contributed by atoms with Gasteiger partial charge in [0.05, 0.1) is 0 Å². The molecule has 5 nitrogen and oxygen atoms in total. The van der Waals surface area contributed by atoms with Crippen LogP contribution in [0.2, 0.25) is 5.02 Å². The second-order valence-electron chi connectivity index (χ2n) is 5.63. The fourth-order valence-electron chi connectivity index (χ4n) is 2.15. The maximum atomic E-state index is 11.5. The van der Waals surface area contributed by atoms with E-state index in [1.165, 1.54) is 5.56 Å². The number of nitrogens with one attached hydrogen (secondary N) is 3. The minimum Gasteiger partial charge on any atom is -0.357 e. The number of amides is 1. The van der Waals surface area contributed by atoms with Crippen LogP contribution < -0.4 is 16.0 Å². The average molecular weight is 465 g/mol. The fourth-order valence-corrected chi connectivity index (χ4v) is 2.27. The summed E-state index contributed by atoms with van der Waals surface area (Å²) in [6.07, 6.45) is 2.94. The van der Waals surface area contributed by atoms with E-state index in [0.717, 1.165) is 36.8 Å². The van der Waals surface area contributed by atoms with E-state index in [9.17, 15) is 4.79 Å². The van der Waals surface area contributed by atoms with Gasteiger partial charge < -0.3 is 16.0 Å². The van der Waals surface area contributed by atoms with Crippen LogP contribution in [0.25, 0.3) is 0 Å². The van der Waals surface area contributed by atoms with Crippen molar-refractivity contribution in [3.8, 4) is 0 Å². The van der Waals surface area contributed by atoms with Gasteiger partial charge in [-0.05, 0) is 43.9 Å². The van der Waals surface area contributed by atoms with Crippen LogP contribution in [-0.4, -0.2) is 38.0 Å². The summed E-state index contributed by atoms with van der Waals surface area (Å²) < 4.78 is 0. The number of carbonyl (C=O) groups is 1. The Hall–Kier alpha value is -1.02. The van der Waals surface area contributed by atoms with Crippen LogP contribution in [0.4, 0.5) is 0 Å². The first-order valence-electron chi connectivity index (χ1n) is 8.23. The van der Waals surface area contributed by atoms with Gasteiger partial charge in [-0.3, -0.25) is 9.79 Å². The highest BCUT2D eigenvalue weighted by molar-refractivity contribution is 14.0. The molecule has 0 atom stereocenters. The van der Waals surface area contributed by atoms with Gasteiger partial charge in [-0.15, -0.1) is 24.0 Å². The van der Waals surface area contributed by atoms with Crippen molar-refractivity contribution in [2.45, 2.75) is 26.2 Å². The summed E-state index contributed by atoms with van der Waals surface area (Å²) in [6, 6.07) is 7.83. The summed E-state index contributed by atoms with van der Waals surface area (Å²) in [7, 11) is 0. The van der Waals surface area contributed by atoms with E-state index >= 15 is 0 Å². The second-order valence-corrected chi connectivity index (χ2v) is 6.07. The van der Waals surface area contributed by atoms with Gasteiger partial charge in [0, 0.05) is 37.1 Å². The molecule has 134 valence electrons. The fraction of sp³-hybridized carbons (Fsp3) is 0.529. The number of nitrogens with zero attached hydrogens (tertiary/aromatic N) is 1. The number of carbonyl (C=O) groups excluding carboxylic acids is 1. The monoisotopic (exact) mass is 464 g/mol. The average Bonchev–Trinajstić information content (AvgIpc) is 3.38. The molecule has 0 unspecified atom stereocenters. The smallest absolute Gasteiger partial charge is 0.223 e. The highest BCUT2D eigenvalue weighted by atomic mass is 127. The second kappa shape index (κ2) is 11.5. The quantitative estimate of drug-likeness (QED) is 0.240. The van der Waals surface area contributed by atoms with E-state index in [1.807, 2.05) is 31.2 Å². The van der Waals surface area contributed by atoms with Gasteiger partial charge in [0.15, 0.2) is 5.96 Å². The zero-order valence-corrected chi connectivity index (χ0v) is 17.1. The summed E-state index contributed by atoms with van der Waals surface area (Å²) in [5.74, 6) is 1.22. The van der Waals surface area contributed by atoms with Crippen LogP contribution >= 0.6 is 35.6 Å². The highest BCUT2D eigenvalue weighted by Crippen LogP contribution is 2.28. The summed E-state index contributed by atoms with van der Waals surface area (Å²) in [6.45, 7) is 4.83. The molecule has 0 aliphatic heterocycles. The predicted molar refractivity (Wildman–Crippen MR) is 110 cm³/mol. The third-order valence-corrected chi connectivity index (χ3v) is 3.84. The Morgan fingerprint density at radius 3 is 2.46 bits per heavy atom. The molecule has 0 saturated heterocycles. The Bertz CT molecular complexity index is 532. The molecule has 1 aromatic carbocycles. The van der Waals surface area contributed by atoms with Gasteiger partial charge >= 0.3 is 0 Å². The van der Waals surface area contributed by atoms with Crippen LogP contribution in [0.1, 0.15) is 25.3 Å². The van der Waals surface area contributed by atoms with Crippen molar-refractivity contribution < 1.29 is 4.79 Å². The van der Waals surface area contributed by atoms with E-state index < -0.39 is 0 Å². The van der Waals surface area contributed by atoms with Crippen molar-refractivity contribution in [2.75, 3.05) is 26.2 Å². The van der Waals surface area contributed by atoms with Crippen LogP contribution in [-0.2, 0) is 11.2 Å². The number of rotatable bonds is 8. The Balaban J connectivity index is 0.00000288. The Morgan fingerprint density at radius 1 is 1.17 bits per heavy atom. The molecule has 1 aliphatic carbocycles. The zero-order chi connectivity index (χ0) is 16.5. The lowest BCUT2D eigenvalue weighted by Crippen LogP contribution is -2.41. The highest BCUT2D eigenvalue weighted by Gasteiger charge is 2.28. The van der Waals surface area contributed by atoms with Crippen molar-refractivity contribution in [2.24, 2.45) is 10.9 Å². The van der Waals surface area contributed by atoms with Gasteiger partial charge in [-0.1, -0.05) is 23.7 Å². The summed E-state index contributed by atoms with van der Waals surface area (Å²) in [4.78, 5) is 16.1. The normalized spacial score (nSPS) is 13.8. The van der Waals surface area contributed by atoms with Crippen molar-refractivity contribution in [3.63, 3.8) is 0 Å². The van der Waals surface area contributed by atoms with E-state index in [1.54, 1.807) is 0 Å². The molecule has 3 N–H and O–H groups in total. The molecule has 0 aromatic heterocycles. The standard InChI is InChI=1S/C17H25ClN4O.HI/c1-2-19-17(22-12-11-20-16(23)14-5-6-14)21-10-9-13-3-7-15(18)8-4-13;/h3-4,7-8,14H,2,5-6,9-12H2,1H3,(H,20,23)(H2,19,21,22);1H. The number of hydrogen-bond donors (Lipinski definition) is 3. The molecule has 1 aliphatic rings. The zero-order valence-electron chi connectivity index (χ0n) is 14.0. The maximum Gasteiger partial charge on any atom is 0.223 e. The van der Waals surface area contributed by atoms with Gasteiger partial charge in [-0.2, -0.15) is 0 Å². The lowest BCUT2D eigenvalue weighted by atomic mass is 10.1. The minimum atomic E-state index is 0. The first kappa shape index (κ1) is 21.0. The first-order chi connectivity index (χ1) is 11.2. The molecular formula is C17H26ClIN4O. The summed E-state index contributed by atoms with van der Waals surface area (Å²) in [5.41, 5.74) is 1.21. The number of halogens is 2. The molecule has 2 rings (SSSR count). The van der Waals surface area contributed by atoms with Crippen LogP contribution in [0.15, 0.2) is 29.3 Å². The topological polar surface area (TPSA) is 65.5 Å². The Labute approximate surface area is 166 Å². The van der Waals surface area contributed by atoms with Gasteiger partial charge in [-0.25, -0.2) is 0 Å². The SMILES string of the molecule is CCNC(=NCCc1ccc(Cl)cc1)NCCNC(=O)C1CC1.I. The largest absolute Gasteiger partial charge is 0.357 e. The molecule has 1 fully saturated rings. The lowest BCUT2D eigenvalue weighted by molar-refractivity contribution is -0.122. The molecule has 24 heavy (non-hydrogen) atoms. The number of hydrogen-bond acceptors (Lipinski definition) is 2. The van der Waals surface area contributed by atoms with Crippen molar-refractivity contribution >= 4 is 47.4 Å². The molecule has 7 heteroatoms. The molecule has 1 amide bonds. The minimum absolute atomic E-state index is 0. The van der Waals surface area contributed by atoms with E-state index in [0.29, 0.717) is 19.6 Å². The van der Waals surface area contributed by atoms with Crippen LogP contribution in [0.3, 0.4) is 0 Å². The predicted octanol–water partition coefficient (Wildman–Crippen LogP) is 2.58. The molecule has 1 saturated carbocycles. The molecule has 0 heterocycles. The van der Waals surface area contributed by atoms with Crippen LogP contribution in [0.5, 0.6) is 0 Å². The number of benzene rings is 1. The Kier molecular flexibility index (Phi) is 10.1. The molecule has 0 spiro atoms. The van der Waals surface area contributed by atoms with Crippen molar-refractivity contribution in [3.05, 3.63) is 34.9 Å². The number of aliphatic imine (C=N–C) groups is 1. The van der Waals surface area contributed by atoms with Gasteiger partial charge in [0.2, 0.25) is 5.91 Å². The van der Waals surface area contributed by atoms with Crippen molar-refractivity contribution in [1.29, 1.82) is 0 Å². The first-order valence-corrected chi connectivity index (χ1v) is 8.61. The molecule has 0 radical (unpaired) electrons. The third kappa shape index (κ3) is 8.19. The number of guanidine groups is 1. The summed E-state index contributed by atoms with van der Waals surface area (Å²) in [5, 5.41) is 10.1. The van der Waals surface area contributed by atoms with Crippen molar-refractivity contribution in [1.82, 2.24) is 16.0 Å². The Morgan fingerprint density at radius 2 is 1.83 bits per heavy atom.